The number of thiazole rings is 1. The van der Waals surface area contributed by atoms with Crippen molar-refractivity contribution in [3.63, 3.8) is 0 Å². The third-order valence-electron chi connectivity index (χ3n) is 4.08. The highest BCUT2D eigenvalue weighted by atomic mass is 32.1. The van der Waals surface area contributed by atoms with Crippen LogP contribution in [-0.2, 0) is 11.2 Å². The first-order chi connectivity index (χ1) is 11.0. The molecule has 0 bridgehead atoms. The molecule has 0 aliphatic carbocycles. The molecule has 3 heterocycles. The van der Waals surface area contributed by atoms with Crippen molar-refractivity contribution in [3.05, 3.63) is 27.8 Å². The van der Waals surface area contributed by atoms with E-state index in [9.17, 15) is 4.79 Å². The van der Waals surface area contributed by atoms with Crippen LogP contribution in [0.25, 0.3) is 0 Å². The molecule has 2 aromatic rings. The molecule has 1 fully saturated rings. The Morgan fingerprint density at radius 1 is 1.48 bits per heavy atom. The summed E-state index contributed by atoms with van der Waals surface area (Å²) in [6, 6.07) is 0. The summed E-state index contributed by atoms with van der Waals surface area (Å²) in [6.07, 6.45) is 2.34. The number of aryl methyl sites for hydroxylation is 1. The van der Waals surface area contributed by atoms with Crippen molar-refractivity contribution >= 4 is 17.2 Å². The van der Waals surface area contributed by atoms with Gasteiger partial charge in [-0.3, -0.25) is 4.79 Å². The second kappa shape index (κ2) is 6.78. The fourth-order valence-electron chi connectivity index (χ4n) is 2.83. The van der Waals surface area contributed by atoms with Crippen LogP contribution in [0.5, 0.6) is 0 Å². The van der Waals surface area contributed by atoms with E-state index in [0.717, 1.165) is 35.9 Å². The van der Waals surface area contributed by atoms with Crippen molar-refractivity contribution in [1.29, 1.82) is 0 Å². The summed E-state index contributed by atoms with van der Waals surface area (Å²) in [5.41, 5.74) is 0.876. The number of hydrogen-bond donors (Lipinski definition) is 0. The summed E-state index contributed by atoms with van der Waals surface area (Å²) < 4.78 is 5.06. The van der Waals surface area contributed by atoms with Gasteiger partial charge in [-0.05, 0) is 12.8 Å². The Labute approximate surface area is 139 Å². The molecule has 0 radical (unpaired) electrons. The average Bonchev–Trinajstić information content (AvgIpc) is 3.16. The van der Waals surface area contributed by atoms with Crippen molar-refractivity contribution < 1.29 is 9.32 Å². The minimum atomic E-state index is 0.135. The van der Waals surface area contributed by atoms with Gasteiger partial charge in [-0.1, -0.05) is 19.0 Å². The van der Waals surface area contributed by atoms with Gasteiger partial charge in [0.15, 0.2) is 5.82 Å². The zero-order valence-electron chi connectivity index (χ0n) is 13.8. The summed E-state index contributed by atoms with van der Waals surface area (Å²) in [5, 5.41) is 7.09. The predicted molar refractivity (Wildman–Crippen MR) is 87.5 cm³/mol. The molecule has 1 saturated heterocycles. The predicted octanol–water partition coefficient (Wildman–Crippen LogP) is 2.91. The maximum atomic E-state index is 12.6. The van der Waals surface area contributed by atoms with Gasteiger partial charge in [-0.25, -0.2) is 4.98 Å². The van der Waals surface area contributed by atoms with E-state index < -0.39 is 0 Å². The number of rotatable bonds is 4. The second-order valence-electron chi connectivity index (χ2n) is 6.36. The number of likely N-dealkylation sites (tertiary alicyclic amines) is 1. The first kappa shape index (κ1) is 16.1. The van der Waals surface area contributed by atoms with E-state index >= 15 is 0 Å². The number of carbonyl (C=O) groups is 1. The molecule has 0 saturated carbocycles. The third kappa shape index (κ3) is 3.77. The Morgan fingerprint density at radius 2 is 2.30 bits per heavy atom. The van der Waals surface area contributed by atoms with E-state index in [-0.39, 0.29) is 11.8 Å². The standard InChI is InChI=1S/C16H22N4O2S/c1-10(2)16-18-13(9-23-16)7-14(21)20-6-4-5-12(8-20)15-17-11(3)22-19-15/h9-10,12H,4-8H2,1-3H3/t12-/m1/s1. The molecule has 0 unspecified atom stereocenters. The van der Waals surface area contributed by atoms with Gasteiger partial charge in [0.1, 0.15) is 0 Å². The van der Waals surface area contributed by atoms with Crippen molar-refractivity contribution in [2.45, 2.75) is 51.9 Å². The third-order valence-corrected chi connectivity index (χ3v) is 5.27. The number of piperidine rings is 1. The van der Waals surface area contributed by atoms with Crippen molar-refractivity contribution in [1.82, 2.24) is 20.0 Å². The van der Waals surface area contributed by atoms with E-state index in [1.54, 1.807) is 18.3 Å². The molecule has 2 aromatic heterocycles. The van der Waals surface area contributed by atoms with Crippen LogP contribution in [0.15, 0.2) is 9.90 Å². The Bertz CT molecular complexity index is 679. The smallest absolute Gasteiger partial charge is 0.228 e. The molecule has 6 nitrogen and oxygen atoms in total. The minimum Gasteiger partial charge on any atom is -0.342 e. The molecule has 0 spiro atoms. The summed E-state index contributed by atoms with van der Waals surface area (Å²) in [5.74, 6) is 2.01. The Kier molecular flexibility index (Phi) is 4.75. The molecule has 0 N–H and O–H groups in total. The molecule has 23 heavy (non-hydrogen) atoms. The lowest BCUT2D eigenvalue weighted by molar-refractivity contribution is -0.131. The number of amides is 1. The first-order valence-corrected chi connectivity index (χ1v) is 8.93. The normalized spacial score (nSPS) is 18.6. The largest absolute Gasteiger partial charge is 0.342 e. The molecule has 124 valence electrons. The molecule has 1 aliphatic rings. The van der Waals surface area contributed by atoms with Gasteiger partial charge in [-0.15, -0.1) is 11.3 Å². The van der Waals surface area contributed by atoms with E-state index in [0.29, 0.717) is 24.8 Å². The lowest BCUT2D eigenvalue weighted by Gasteiger charge is -2.31. The zero-order chi connectivity index (χ0) is 16.4. The van der Waals surface area contributed by atoms with Crippen LogP contribution >= 0.6 is 11.3 Å². The summed E-state index contributed by atoms with van der Waals surface area (Å²) >= 11 is 1.63. The molecular weight excluding hydrogens is 312 g/mol. The topological polar surface area (TPSA) is 72.1 Å². The quantitative estimate of drug-likeness (QED) is 0.859. The fraction of sp³-hybridized carbons (Fsp3) is 0.625. The highest BCUT2D eigenvalue weighted by Crippen LogP contribution is 2.26. The summed E-state index contributed by atoms with van der Waals surface area (Å²) in [6.45, 7) is 7.49. The summed E-state index contributed by atoms with van der Waals surface area (Å²) in [7, 11) is 0. The number of nitrogens with zero attached hydrogens (tertiary/aromatic N) is 4. The van der Waals surface area contributed by atoms with Crippen LogP contribution in [0, 0.1) is 6.92 Å². The van der Waals surface area contributed by atoms with Gasteiger partial charge in [-0.2, -0.15) is 4.98 Å². The van der Waals surface area contributed by atoms with Crippen LogP contribution in [0.4, 0.5) is 0 Å². The number of hydrogen-bond acceptors (Lipinski definition) is 6. The molecule has 7 heteroatoms. The van der Waals surface area contributed by atoms with Crippen molar-refractivity contribution in [2.75, 3.05) is 13.1 Å². The molecule has 3 rings (SSSR count). The van der Waals surface area contributed by atoms with Crippen LogP contribution in [-0.4, -0.2) is 39.0 Å². The van der Waals surface area contributed by atoms with Crippen LogP contribution in [0.1, 0.15) is 60.9 Å². The highest BCUT2D eigenvalue weighted by molar-refractivity contribution is 7.09. The van der Waals surface area contributed by atoms with E-state index in [2.05, 4.69) is 29.0 Å². The van der Waals surface area contributed by atoms with Gasteiger partial charge < -0.3 is 9.42 Å². The summed E-state index contributed by atoms with van der Waals surface area (Å²) in [4.78, 5) is 23.3. The van der Waals surface area contributed by atoms with Gasteiger partial charge in [0.25, 0.3) is 0 Å². The zero-order valence-corrected chi connectivity index (χ0v) is 14.6. The van der Waals surface area contributed by atoms with Crippen molar-refractivity contribution in [2.24, 2.45) is 0 Å². The number of carbonyl (C=O) groups excluding carboxylic acids is 1. The van der Waals surface area contributed by atoms with E-state index in [4.69, 9.17) is 4.52 Å². The van der Waals surface area contributed by atoms with Gasteiger partial charge in [0.2, 0.25) is 11.8 Å². The lowest BCUT2D eigenvalue weighted by Crippen LogP contribution is -2.40. The van der Waals surface area contributed by atoms with E-state index in [1.165, 1.54) is 0 Å². The van der Waals surface area contributed by atoms with Gasteiger partial charge in [0.05, 0.1) is 17.1 Å². The van der Waals surface area contributed by atoms with Crippen LogP contribution < -0.4 is 0 Å². The first-order valence-electron chi connectivity index (χ1n) is 8.05. The maximum Gasteiger partial charge on any atom is 0.228 e. The molecule has 0 aromatic carbocycles. The monoisotopic (exact) mass is 334 g/mol. The van der Waals surface area contributed by atoms with Crippen molar-refractivity contribution in [3.8, 4) is 0 Å². The Balaban J connectivity index is 1.62. The molecular formula is C16H22N4O2S. The van der Waals surface area contributed by atoms with Gasteiger partial charge in [0, 0.05) is 37.2 Å². The average molecular weight is 334 g/mol. The van der Waals surface area contributed by atoms with E-state index in [1.807, 2.05) is 10.3 Å². The molecule has 1 atom stereocenters. The number of aromatic nitrogens is 3. The SMILES string of the molecule is Cc1nc([C@@H]2CCCN(C(=O)Cc3csc(C(C)C)n3)C2)no1. The van der Waals surface area contributed by atoms with Crippen LogP contribution in [0.2, 0.25) is 0 Å². The minimum absolute atomic E-state index is 0.135. The Hall–Kier alpha value is -1.76. The van der Waals surface area contributed by atoms with Crippen LogP contribution in [0.3, 0.4) is 0 Å². The molecule has 1 aliphatic heterocycles. The molecule has 1 amide bonds. The Morgan fingerprint density at radius 3 is 2.96 bits per heavy atom. The highest BCUT2D eigenvalue weighted by Gasteiger charge is 2.28. The maximum absolute atomic E-state index is 12.6. The lowest BCUT2D eigenvalue weighted by atomic mass is 9.97. The van der Waals surface area contributed by atoms with Gasteiger partial charge >= 0.3 is 0 Å². The second-order valence-corrected chi connectivity index (χ2v) is 7.25. The fourth-order valence-corrected chi connectivity index (χ4v) is 3.67.